The third-order valence-electron chi connectivity index (χ3n) is 4.95. The van der Waals surface area contributed by atoms with Crippen molar-refractivity contribution in [3.05, 3.63) is 33.3 Å². The van der Waals surface area contributed by atoms with Crippen LogP contribution in [0.25, 0.3) is 0 Å². The fraction of sp³-hybridized carbons (Fsp3) is 0.647. The van der Waals surface area contributed by atoms with Gasteiger partial charge in [-0.15, -0.1) is 0 Å². The molecule has 4 heteroatoms. The first-order valence-electron chi connectivity index (χ1n) is 7.96. The molecule has 1 aliphatic heterocycles. The van der Waals surface area contributed by atoms with Gasteiger partial charge in [-0.25, -0.2) is 0 Å². The van der Waals surface area contributed by atoms with E-state index in [1.54, 1.807) is 0 Å². The van der Waals surface area contributed by atoms with Gasteiger partial charge in [-0.3, -0.25) is 4.90 Å². The van der Waals surface area contributed by atoms with Crippen LogP contribution in [0.15, 0.2) is 22.7 Å². The van der Waals surface area contributed by atoms with Crippen LogP contribution in [0.5, 0.6) is 0 Å². The third-order valence-corrected chi connectivity index (χ3v) is 5.79. The molecule has 1 aromatic carbocycles. The standard InChI is InChI=1S/C17H26BrClN2/c1-4-15-10-20-17(5-2,6-3)12-21(15)11-13-7-8-14(18)9-16(13)19/h7-9,15,20H,4-6,10-12H2,1-3H3. The van der Waals surface area contributed by atoms with Crippen LogP contribution in [0.2, 0.25) is 5.02 Å². The summed E-state index contributed by atoms with van der Waals surface area (Å²) in [4.78, 5) is 2.61. The Bertz CT molecular complexity index is 474. The van der Waals surface area contributed by atoms with Crippen LogP contribution < -0.4 is 5.32 Å². The molecule has 1 aliphatic rings. The number of halogens is 2. The molecule has 0 aromatic heterocycles. The maximum Gasteiger partial charge on any atom is 0.0462 e. The quantitative estimate of drug-likeness (QED) is 0.794. The van der Waals surface area contributed by atoms with E-state index in [4.69, 9.17) is 11.6 Å². The van der Waals surface area contributed by atoms with Gasteiger partial charge >= 0.3 is 0 Å². The van der Waals surface area contributed by atoms with Crippen LogP contribution in [-0.2, 0) is 6.54 Å². The molecule has 21 heavy (non-hydrogen) atoms. The highest BCUT2D eigenvalue weighted by molar-refractivity contribution is 9.10. The molecule has 1 unspecified atom stereocenters. The normalized spacial score (nSPS) is 22.4. The van der Waals surface area contributed by atoms with E-state index >= 15 is 0 Å². The zero-order valence-electron chi connectivity index (χ0n) is 13.3. The van der Waals surface area contributed by atoms with Crippen molar-refractivity contribution >= 4 is 27.5 Å². The Hall–Kier alpha value is -0.0900. The Kier molecular flexibility index (Phi) is 6.13. The van der Waals surface area contributed by atoms with E-state index in [0.29, 0.717) is 6.04 Å². The van der Waals surface area contributed by atoms with Crippen molar-refractivity contribution in [3.63, 3.8) is 0 Å². The summed E-state index contributed by atoms with van der Waals surface area (Å²) in [6.07, 6.45) is 3.51. The van der Waals surface area contributed by atoms with Gasteiger partial charge in [0, 0.05) is 40.7 Å². The maximum atomic E-state index is 6.41. The minimum atomic E-state index is 0.257. The second kappa shape index (κ2) is 7.45. The molecule has 0 bridgehead atoms. The van der Waals surface area contributed by atoms with Crippen molar-refractivity contribution in [2.75, 3.05) is 13.1 Å². The van der Waals surface area contributed by atoms with Crippen LogP contribution in [0.4, 0.5) is 0 Å². The molecule has 0 spiro atoms. The van der Waals surface area contributed by atoms with E-state index in [9.17, 15) is 0 Å². The highest BCUT2D eigenvalue weighted by atomic mass is 79.9. The molecule has 1 heterocycles. The van der Waals surface area contributed by atoms with E-state index < -0.39 is 0 Å². The van der Waals surface area contributed by atoms with E-state index in [1.165, 1.54) is 24.8 Å². The maximum absolute atomic E-state index is 6.41. The average Bonchev–Trinajstić information content (AvgIpc) is 2.50. The Labute approximate surface area is 142 Å². The van der Waals surface area contributed by atoms with E-state index in [2.05, 4.69) is 59.1 Å². The average molecular weight is 374 g/mol. The molecular weight excluding hydrogens is 348 g/mol. The van der Waals surface area contributed by atoms with Gasteiger partial charge in [0.1, 0.15) is 0 Å². The second-order valence-electron chi connectivity index (χ2n) is 6.07. The molecule has 0 radical (unpaired) electrons. The van der Waals surface area contributed by atoms with Gasteiger partial charge < -0.3 is 5.32 Å². The van der Waals surface area contributed by atoms with Crippen molar-refractivity contribution in [3.8, 4) is 0 Å². The second-order valence-corrected chi connectivity index (χ2v) is 7.39. The lowest BCUT2D eigenvalue weighted by Crippen LogP contribution is -2.63. The number of nitrogens with one attached hydrogen (secondary N) is 1. The van der Waals surface area contributed by atoms with Crippen LogP contribution in [0.3, 0.4) is 0 Å². The first-order chi connectivity index (χ1) is 10.0. The largest absolute Gasteiger partial charge is 0.308 e. The highest BCUT2D eigenvalue weighted by Gasteiger charge is 2.36. The summed E-state index contributed by atoms with van der Waals surface area (Å²) < 4.78 is 1.04. The summed E-state index contributed by atoms with van der Waals surface area (Å²) in [5, 5.41) is 4.65. The van der Waals surface area contributed by atoms with Crippen molar-refractivity contribution in [1.29, 1.82) is 0 Å². The Morgan fingerprint density at radius 3 is 2.62 bits per heavy atom. The van der Waals surface area contributed by atoms with Gasteiger partial charge in [-0.05, 0) is 37.0 Å². The van der Waals surface area contributed by atoms with E-state index in [1.807, 2.05) is 6.07 Å². The summed E-state index contributed by atoms with van der Waals surface area (Å²) in [5.74, 6) is 0. The van der Waals surface area contributed by atoms with Crippen LogP contribution >= 0.6 is 27.5 Å². The summed E-state index contributed by atoms with van der Waals surface area (Å²) in [6, 6.07) is 6.81. The fourth-order valence-corrected chi connectivity index (χ4v) is 3.95. The fourth-order valence-electron chi connectivity index (χ4n) is 3.22. The Morgan fingerprint density at radius 2 is 2.05 bits per heavy atom. The molecule has 0 saturated carbocycles. The summed E-state index contributed by atoms with van der Waals surface area (Å²) in [7, 11) is 0. The molecule has 2 rings (SSSR count). The number of nitrogens with zero attached hydrogens (tertiary/aromatic N) is 1. The van der Waals surface area contributed by atoms with Crippen LogP contribution in [0.1, 0.15) is 45.6 Å². The van der Waals surface area contributed by atoms with Crippen LogP contribution in [0, 0.1) is 0 Å². The number of benzene rings is 1. The predicted octanol–water partition coefficient (Wildman–Crippen LogP) is 4.85. The molecular formula is C17H26BrClN2. The minimum absolute atomic E-state index is 0.257. The van der Waals surface area contributed by atoms with Crippen molar-refractivity contribution in [2.24, 2.45) is 0 Å². The lowest BCUT2D eigenvalue weighted by Gasteiger charge is -2.47. The Morgan fingerprint density at radius 1 is 1.33 bits per heavy atom. The topological polar surface area (TPSA) is 15.3 Å². The lowest BCUT2D eigenvalue weighted by atomic mass is 9.88. The smallest absolute Gasteiger partial charge is 0.0462 e. The summed E-state index contributed by atoms with van der Waals surface area (Å²) in [5.41, 5.74) is 1.48. The Balaban J connectivity index is 2.17. The number of piperazine rings is 1. The van der Waals surface area contributed by atoms with Crippen molar-refractivity contribution in [1.82, 2.24) is 10.2 Å². The zero-order valence-corrected chi connectivity index (χ0v) is 15.6. The van der Waals surface area contributed by atoms with Crippen molar-refractivity contribution in [2.45, 2.75) is 58.2 Å². The summed E-state index contributed by atoms with van der Waals surface area (Å²) >= 11 is 9.89. The molecule has 1 N–H and O–H groups in total. The van der Waals surface area contributed by atoms with Crippen LogP contribution in [-0.4, -0.2) is 29.6 Å². The first kappa shape index (κ1) is 17.3. The SMILES string of the molecule is CCC1CNC(CC)(CC)CN1Cc1ccc(Br)cc1Cl. The predicted molar refractivity (Wildman–Crippen MR) is 95.0 cm³/mol. The molecule has 1 aromatic rings. The third kappa shape index (κ3) is 4.01. The summed E-state index contributed by atoms with van der Waals surface area (Å²) in [6.45, 7) is 9.96. The number of hydrogen-bond acceptors (Lipinski definition) is 2. The molecule has 2 nitrogen and oxygen atoms in total. The molecule has 0 amide bonds. The van der Waals surface area contributed by atoms with Gasteiger partial charge in [0.05, 0.1) is 0 Å². The molecule has 0 aliphatic carbocycles. The van der Waals surface area contributed by atoms with Gasteiger partial charge in [-0.1, -0.05) is 54.4 Å². The highest BCUT2D eigenvalue weighted by Crippen LogP contribution is 2.28. The molecule has 118 valence electrons. The molecule has 1 atom stereocenters. The number of hydrogen-bond donors (Lipinski definition) is 1. The van der Waals surface area contributed by atoms with Gasteiger partial charge in [0.25, 0.3) is 0 Å². The first-order valence-corrected chi connectivity index (χ1v) is 9.13. The van der Waals surface area contributed by atoms with Gasteiger partial charge in [0.15, 0.2) is 0 Å². The molecule has 1 saturated heterocycles. The zero-order chi connectivity index (χ0) is 15.5. The minimum Gasteiger partial charge on any atom is -0.308 e. The van der Waals surface area contributed by atoms with Crippen molar-refractivity contribution < 1.29 is 0 Å². The molecule has 1 fully saturated rings. The van der Waals surface area contributed by atoms with Gasteiger partial charge in [-0.2, -0.15) is 0 Å². The monoisotopic (exact) mass is 372 g/mol. The van der Waals surface area contributed by atoms with E-state index in [0.717, 1.165) is 29.1 Å². The van der Waals surface area contributed by atoms with E-state index in [-0.39, 0.29) is 5.54 Å². The van der Waals surface area contributed by atoms with Gasteiger partial charge in [0.2, 0.25) is 0 Å². The lowest BCUT2D eigenvalue weighted by molar-refractivity contribution is 0.0643. The number of rotatable bonds is 5.